The number of esters is 1. The zero-order valence-electron chi connectivity index (χ0n) is 38.2. The van der Waals surface area contributed by atoms with E-state index in [1.54, 1.807) is 0 Å². The molecule has 2 aliphatic heterocycles. The number of ether oxygens (including phenoxy) is 1. The quantitative estimate of drug-likeness (QED) is 0.0278. The molecule has 0 saturated carbocycles. The second-order valence-electron chi connectivity index (χ2n) is 17.9. The zero-order valence-corrected chi connectivity index (χ0v) is 39.6. The van der Waals surface area contributed by atoms with Crippen molar-refractivity contribution in [3.05, 3.63) is 102 Å². The summed E-state index contributed by atoms with van der Waals surface area (Å²) in [6.45, 7) is 21.6. The Morgan fingerprint density at radius 3 is 2.28 bits per heavy atom. The number of aldehydes is 1. The summed E-state index contributed by atoms with van der Waals surface area (Å²) in [7, 11) is 0. The van der Waals surface area contributed by atoms with Crippen LogP contribution < -0.4 is 25.7 Å². The van der Waals surface area contributed by atoms with E-state index in [9.17, 15) is 14.4 Å². The van der Waals surface area contributed by atoms with Gasteiger partial charge in [-0.05, 0) is 75.7 Å². The number of aromatic nitrogens is 3. The molecule has 4 atom stereocenters. The number of hydrogen-bond acceptors (Lipinski definition) is 4. The molecular weight excluding hydrogens is 769 g/mol. The number of allylic oxidation sites excluding steroid dienone is 4. The fourth-order valence-electron chi connectivity index (χ4n) is 9.45. The van der Waals surface area contributed by atoms with Gasteiger partial charge in [-0.3, -0.25) is 9.59 Å². The molecule has 0 N–H and O–H groups in total. The summed E-state index contributed by atoms with van der Waals surface area (Å²) >= 11 is 0. The van der Waals surface area contributed by atoms with E-state index in [0.29, 0.717) is 34.6 Å². The van der Waals surface area contributed by atoms with Gasteiger partial charge in [0.1, 0.15) is 18.8 Å². The van der Waals surface area contributed by atoms with Crippen molar-refractivity contribution in [1.82, 2.24) is 15.0 Å². The van der Waals surface area contributed by atoms with Gasteiger partial charge in [-0.1, -0.05) is 157 Å². The molecular formula is C52H66MgN4O4-2. The van der Waals surface area contributed by atoms with Crippen LogP contribution in [0.15, 0.2) is 30.1 Å². The molecule has 8 bridgehead atoms. The number of carbonyl (C=O) groups is 3. The summed E-state index contributed by atoms with van der Waals surface area (Å²) in [4.78, 5) is 55.1. The topological polar surface area (TPSA) is 117 Å². The summed E-state index contributed by atoms with van der Waals surface area (Å²) in [6, 6.07) is 0. The minimum atomic E-state index is -1.02. The van der Waals surface area contributed by atoms with Crippen molar-refractivity contribution in [1.29, 1.82) is 0 Å². The fraction of sp³-hybridized carbons (Fsp3) is 0.519. The maximum Gasteiger partial charge on any atom is 2.00 e. The first-order chi connectivity index (χ1) is 28.9. The smallest absolute Gasteiger partial charge is 0.664 e. The van der Waals surface area contributed by atoms with E-state index >= 15 is 0 Å². The molecule has 0 spiro atoms. The van der Waals surface area contributed by atoms with Crippen LogP contribution in [-0.4, -0.2) is 47.7 Å². The molecule has 3 aromatic heterocycles. The third kappa shape index (κ3) is 10.8. The molecule has 0 unspecified atom stereocenters. The number of carbonyl (C=O) groups excluding carboxylic acids is 3. The Balaban J connectivity index is 0.00000704. The van der Waals surface area contributed by atoms with Gasteiger partial charge >= 0.3 is 29.0 Å². The van der Waals surface area contributed by atoms with Crippen LogP contribution in [0.4, 0.5) is 0 Å². The summed E-state index contributed by atoms with van der Waals surface area (Å²) in [6.07, 6.45) is 26.7. The van der Waals surface area contributed by atoms with Crippen LogP contribution in [0.5, 0.6) is 0 Å². The van der Waals surface area contributed by atoms with Crippen LogP contribution >= 0.6 is 0 Å². The van der Waals surface area contributed by atoms with Crippen LogP contribution in [0.25, 0.3) is 35.2 Å². The Morgan fingerprint density at radius 2 is 1.56 bits per heavy atom. The van der Waals surface area contributed by atoms with Crippen molar-refractivity contribution in [2.45, 2.75) is 139 Å². The van der Waals surface area contributed by atoms with E-state index in [-0.39, 0.29) is 59.7 Å². The van der Waals surface area contributed by atoms with E-state index < -0.39 is 5.92 Å². The number of fused-ring (bicyclic) bond motifs is 7. The Bertz CT molecular complexity index is 2290. The normalized spacial score (nSPS) is 21.6. The van der Waals surface area contributed by atoms with E-state index in [0.717, 1.165) is 93.0 Å². The third-order valence-electron chi connectivity index (χ3n) is 13.2. The van der Waals surface area contributed by atoms with Crippen LogP contribution in [0.3, 0.4) is 0 Å². The molecule has 1 aliphatic carbocycles. The monoisotopic (exact) mass is 834 g/mol. The predicted molar refractivity (Wildman–Crippen MR) is 249 cm³/mol. The molecule has 1 saturated heterocycles. The largest absolute Gasteiger partial charge is 2.00 e. The van der Waals surface area contributed by atoms with Gasteiger partial charge in [0.2, 0.25) is 0 Å². The molecule has 0 radical (unpaired) electrons. The van der Waals surface area contributed by atoms with Crippen molar-refractivity contribution in [2.24, 2.45) is 29.6 Å². The molecule has 322 valence electrons. The summed E-state index contributed by atoms with van der Waals surface area (Å²) in [5.74, 6) is -0.307. The number of Topliss-reactive ketones (excluding diaryl/α,β-unsaturated/α-hetero) is 1. The Morgan fingerprint density at radius 1 is 0.852 bits per heavy atom. The van der Waals surface area contributed by atoms with E-state index in [1.807, 2.05) is 44.2 Å². The first-order valence-corrected chi connectivity index (χ1v) is 22.7. The van der Waals surface area contributed by atoms with Gasteiger partial charge in [0.15, 0.2) is 5.78 Å². The number of rotatable bonds is 20. The van der Waals surface area contributed by atoms with Crippen LogP contribution in [0.2, 0.25) is 0 Å². The predicted octanol–water partition coefficient (Wildman–Crippen LogP) is 9.75. The van der Waals surface area contributed by atoms with Crippen LogP contribution in [-0.2, 0) is 20.7 Å². The minimum Gasteiger partial charge on any atom is -0.664 e. The van der Waals surface area contributed by atoms with E-state index in [4.69, 9.17) is 25.0 Å². The maximum absolute atomic E-state index is 14.0. The second-order valence-corrected chi connectivity index (χ2v) is 17.9. The first-order valence-electron chi connectivity index (χ1n) is 22.7. The summed E-state index contributed by atoms with van der Waals surface area (Å²) in [5.41, 5.74) is 9.96. The molecule has 5 heterocycles. The van der Waals surface area contributed by atoms with Crippen molar-refractivity contribution < 1.29 is 19.1 Å². The molecule has 3 aliphatic rings. The average Bonchev–Trinajstić information content (AvgIpc) is 3.96. The molecule has 0 amide bonds. The number of unbranched alkanes of at least 4 members (excludes halogenated alkanes) is 5. The number of nitrogens with zero attached hydrogens (tertiary/aromatic N) is 4. The van der Waals surface area contributed by atoms with Gasteiger partial charge in [-0.25, -0.2) is 0 Å². The molecule has 9 heteroatoms. The fourth-order valence-corrected chi connectivity index (χ4v) is 9.45. The average molecular weight is 835 g/mol. The van der Waals surface area contributed by atoms with Gasteiger partial charge in [-0.2, -0.15) is 11.4 Å². The van der Waals surface area contributed by atoms with Gasteiger partial charge in [0.25, 0.3) is 0 Å². The maximum atomic E-state index is 14.0. The molecule has 6 rings (SSSR count). The van der Waals surface area contributed by atoms with Crippen LogP contribution in [0.1, 0.15) is 173 Å². The van der Waals surface area contributed by atoms with Crippen molar-refractivity contribution in [3.8, 4) is 0 Å². The molecule has 8 nitrogen and oxygen atoms in total. The van der Waals surface area contributed by atoms with Gasteiger partial charge in [-0.15, -0.1) is 33.5 Å². The second kappa shape index (κ2) is 21.8. The molecule has 1 fully saturated rings. The van der Waals surface area contributed by atoms with Gasteiger partial charge < -0.3 is 29.8 Å². The van der Waals surface area contributed by atoms with Gasteiger partial charge in [0, 0.05) is 12.0 Å². The Labute approximate surface area is 380 Å². The van der Waals surface area contributed by atoms with Crippen molar-refractivity contribution in [2.75, 3.05) is 6.61 Å². The first kappa shape index (κ1) is 48.0. The Hall–Kier alpha value is -4.08. The Kier molecular flexibility index (Phi) is 17.2. The summed E-state index contributed by atoms with van der Waals surface area (Å²) < 4.78 is 5.66. The number of hydrogen-bond donors (Lipinski definition) is 0. The molecule has 0 aromatic carbocycles. The van der Waals surface area contributed by atoms with Crippen LogP contribution in [0, 0.1) is 50.4 Å². The minimum absolute atomic E-state index is 0. The molecule has 61 heavy (non-hydrogen) atoms. The van der Waals surface area contributed by atoms with Crippen molar-refractivity contribution in [3.63, 3.8) is 0 Å². The SMILES string of the molecule is C=Cc1c2[n-]c(c1C)/C=C1\[N-]/C(=C3\c4[n-]c(c(C)c4C(=O)[C@@H]3C=O)/C=c3\[n-]/c(c(C)c3CC)=C\2)[C@@H](CCC(=O)OC/C=C/CCCCCCC[C@H](C)CCCC(C)C)[C@@H]1C.[Mg+2]. The van der Waals surface area contributed by atoms with Crippen molar-refractivity contribution >= 4 is 71.0 Å². The van der Waals surface area contributed by atoms with E-state index in [2.05, 4.69) is 54.2 Å². The zero-order chi connectivity index (χ0) is 43.1. The standard InChI is InChI=1S/C52H67N4O4.Mg/c1-10-37-33(6)41-27-43-35(8)39(24-25-47(58)60-26-19-17-15-13-12-14-16-18-22-32(5)23-20-21-31(3)4)50(55-43)49-40(30-57)52(59)48-36(9)44(56-51(48)49)29-46-38(11-2)34(7)42(54-46)28-45(37)53-41;/h10,17,19,27-32,35,39-40H,1,11-16,18,20-26H2,2-9H3,(H-,55,56,59);/q-3;+2/p-1/b19-17+,42-28-,43-27-,46-29-;/t32-,35-,39-,40+;/m0./s1. The third-order valence-corrected chi connectivity index (χ3v) is 13.2. The molecule has 3 aromatic rings. The number of ketones is 1. The van der Waals surface area contributed by atoms with Gasteiger partial charge in [0.05, 0.1) is 0 Å². The van der Waals surface area contributed by atoms with E-state index in [1.165, 1.54) is 51.4 Å². The summed E-state index contributed by atoms with van der Waals surface area (Å²) in [5, 5.41) is 6.83.